The van der Waals surface area contributed by atoms with E-state index in [2.05, 4.69) is 10.3 Å². The topological polar surface area (TPSA) is 51.2 Å². The minimum Gasteiger partial charge on any atom is -0.376 e. The summed E-state index contributed by atoms with van der Waals surface area (Å²) < 4.78 is 5.66. The lowest BCUT2D eigenvalue weighted by Gasteiger charge is -2.11. The van der Waals surface area contributed by atoms with Crippen molar-refractivity contribution in [3.05, 3.63) is 28.0 Å². The zero-order valence-electron chi connectivity index (χ0n) is 10.5. The Morgan fingerprint density at radius 1 is 1.42 bits per heavy atom. The molecule has 0 unspecified atom stereocenters. The summed E-state index contributed by atoms with van der Waals surface area (Å²) in [6.45, 7) is 0.985. The van der Waals surface area contributed by atoms with Gasteiger partial charge < -0.3 is 10.1 Å². The highest BCUT2D eigenvalue weighted by Crippen LogP contribution is 2.20. The van der Waals surface area contributed by atoms with Crippen LogP contribution in [0.4, 0.5) is 0 Å². The average Bonchev–Trinajstić information content (AvgIpc) is 2.90. The number of pyridine rings is 1. The Bertz CT molecular complexity index is 448. The van der Waals surface area contributed by atoms with Crippen LogP contribution in [0.25, 0.3) is 0 Å². The molecule has 0 radical (unpaired) electrons. The molecule has 104 valence electrons. The maximum Gasteiger partial charge on any atom is 0.253 e. The molecule has 6 heteroatoms. The van der Waals surface area contributed by atoms with Crippen molar-refractivity contribution >= 4 is 29.1 Å². The first kappa shape index (κ1) is 14.6. The summed E-state index contributed by atoms with van der Waals surface area (Å²) in [5, 5.41) is 3.29. The number of carbonyl (C=O) groups is 1. The molecule has 4 nitrogen and oxygen atoms in total. The summed E-state index contributed by atoms with van der Waals surface area (Å²) in [7, 11) is 0. The van der Waals surface area contributed by atoms with Gasteiger partial charge in [0.1, 0.15) is 5.15 Å². The van der Waals surface area contributed by atoms with Gasteiger partial charge in [-0.2, -0.15) is 0 Å². The monoisotopic (exact) mass is 302 g/mol. The Balaban J connectivity index is 1.75. The van der Waals surface area contributed by atoms with Crippen LogP contribution >= 0.6 is 23.2 Å². The van der Waals surface area contributed by atoms with Crippen molar-refractivity contribution in [3.8, 4) is 0 Å². The summed E-state index contributed by atoms with van der Waals surface area (Å²) in [6, 6.07) is 1.46. The molecule has 0 bridgehead atoms. The van der Waals surface area contributed by atoms with Crippen LogP contribution in [-0.4, -0.2) is 30.1 Å². The Hall–Kier alpha value is -0.840. The molecule has 1 aliphatic carbocycles. The smallest absolute Gasteiger partial charge is 0.253 e. The SMILES string of the molecule is O=C(NCCOC1CCCC1)c1cc(Cl)ncc1Cl. The Morgan fingerprint density at radius 3 is 2.89 bits per heavy atom. The van der Waals surface area contributed by atoms with Gasteiger partial charge in [0.25, 0.3) is 5.91 Å². The standard InChI is InChI=1S/C13H16Cl2N2O2/c14-11-8-17-12(15)7-10(11)13(18)16-5-6-19-9-3-1-2-4-9/h7-9H,1-6H2,(H,16,18). The first-order chi connectivity index (χ1) is 9.16. The summed E-state index contributed by atoms with van der Waals surface area (Å²) in [5.41, 5.74) is 0.336. The van der Waals surface area contributed by atoms with Crippen LogP contribution in [0.15, 0.2) is 12.3 Å². The highest BCUT2D eigenvalue weighted by molar-refractivity contribution is 6.35. The van der Waals surface area contributed by atoms with Crippen molar-refractivity contribution in [2.45, 2.75) is 31.8 Å². The zero-order chi connectivity index (χ0) is 13.7. The minimum atomic E-state index is -0.260. The molecular weight excluding hydrogens is 287 g/mol. The second-order valence-corrected chi connectivity index (χ2v) is 5.31. The molecule has 0 aliphatic heterocycles. The fourth-order valence-electron chi connectivity index (χ4n) is 2.13. The van der Waals surface area contributed by atoms with Crippen LogP contribution in [0.2, 0.25) is 10.2 Å². The second kappa shape index (κ2) is 7.08. The Labute approximate surface area is 122 Å². The van der Waals surface area contributed by atoms with Crippen LogP contribution in [-0.2, 0) is 4.74 Å². The summed E-state index contributed by atoms with van der Waals surface area (Å²) in [4.78, 5) is 15.7. The van der Waals surface area contributed by atoms with E-state index in [1.165, 1.54) is 25.1 Å². The quantitative estimate of drug-likeness (QED) is 0.672. The highest BCUT2D eigenvalue weighted by atomic mass is 35.5. The first-order valence-corrected chi connectivity index (χ1v) is 7.13. The Morgan fingerprint density at radius 2 is 2.16 bits per heavy atom. The van der Waals surface area contributed by atoms with Gasteiger partial charge >= 0.3 is 0 Å². The van der Waals surface area contributed by atoms with Crippen molar-refractivity contribution in [2.75, 3.05) is 13.2 Å². The molecule has 0 atom stereocenters. The molecule has 1 heterocycles. The van der Waals surface area contributed by atoms with Gasteiger partial charge in [-0.3, -0.25) is 4.79 Å². The number of nitrogens with one attached hydrogen (secondary N) is 1. The molecule has 1 saturated carbocycles. The van der Waals surface area contributed by atoms with E-state index in [4.69, 9.17) is 27.9 Å². The van der Waals surface area contributed by atoms with Gasteiger partial charge in [0, 0.05) is 12.7 Å². The molecule has 19 heavy (non-hydrogen) atoms. The third-order valence-corrected chi connectivity index (χ3v) is 3.62. The number of rotatable bonds is 5. The first-order valence-electron chi connectivity index (χ1n) is 6.37. The molecule has 0 spiro atoms. The van der Waals surface area contributed by atoms with Crippen LogP contribution in [0, 0.1) is 0 Å². The molecule has 2 rings (SSSR count). The summed E-state index contributed by atoms with van der Waals surface area (Å²) in [5.74, 6) is -0.260. The van der Waals surface area contributed by atoms with Crippen molar-refractivity contribution in [2.24, 2.45) is 0 Å². The van der Waals surface area contributed by atoms with E-state index in [1.807, 2.05) is 0 Å². The van der Waals surface area contributed by atoms with Crippen molar-refractivity contribution in [1.29, 1.82) is 0 Å². The number of nitrogens with zero attached hydrogens (tertiary/aromatic N) is 1. The molecular formula is C13H16Cl2N2O2. The van der Waals surface area contributed by atoms with E-state index in [0.717, 1.165) is 12.8 Å². The fourth-order valence-corrected chi connectivity index (χ4v) is 2.47. The molecule has 1 aromatic rings. The van der Waals surface area contributed by atoms with Crippen LogP contribution in [0.1, 0.15) is 36.0 Å². The van der Waals surface area contributed by atoms with Gasteiger partial charge in [0.2, 0.25) is 0 Å². The van der Waals surface area contributed by atoms with E-state index in [9.17, 15) is 4.79 Å². The van der Waals surface area contributed by atoms with Gasteiger partial charge in [0.05, 0.1) is 23.3 Å². The maximum absolute atomic E-state index is 11.9. The summed E-state index contributed by atoms with van der Waals surface area (Å²) >= 11 is 11.6. The summed E-state index contributed by atoms with van der Waals surface area (Å²) in [6.07, 6.45) is 6.45. The number of hydrogen-bond acceptors (Lipinski definition) is 3. The van der Waals surface area contributed by atoms with Crippen LogP contribution in [0.5, 0.6) is 0 Å². The lowest BCUT2D eigenvalue weighted by Crippen LogP contribution is -2.28. The predicted octanol–water partition coefficient (Wildman–Crippen LogP) is 3.08. The number of aromatic nitrogens is 1. The largest absolute Gasteiger partial charge is 0.376 e. The number of amides is 1. The molecule has 1 N–H and O–H groups in total. The van der Waals surface area contributed by atoms with E-state index < -0.39 is 0 Å². The third-order valence-electron chi connectivity index (χ3n) is 3.11. The lowest BCUT2D eigenvalue weighted by molar-refractivity contribution is 0.0582. The molecule has 1 aromatic heterocycles. The van der Waals surface area contributed by atoms with E-state index >= 15 is 0 Å². The van der Waals surface area contributed by atoms with Crippen molar-refractivity contribution < 1.29 is 9.53 Å². The van der Waals surface area contributed by atoms with E-state index in [-0.39, 0.29) is 11.1 Å². The fraction of sp³-hybridized carbons (Fsp3) is 0.538. The van der Waals surface area contributed by atoms with Gasteiger partial charge in [-0.15, -0.1) is 0 Å². The second-order valence-electron chi connectivity index (χ2n) is 4.52. The van der Waals surface area contributed by atoms with Gasteiger partial charge in [0.15, 0.2) is 0 Å². The van der Waals surface area contributed by atoms with Crippen molar-refractivity contribution in [3.63, 3.8) is 0 Å². The van der Waals surface area contributed by atoms with Gasteiger partial charge in [-0.05, 0) is 18.9 Å². The van der Waals surface area contributed by atoms with Crippen LogP contribution in [0.3, 0.4) is 0 Å². The Kier molecular flexibility index (Phi) is 5.43. The van der Waals surface area contributed by atoms with Crippen LogP contribution < -0.4 is 5.32 Å². The molecule has 1 fully saturated rings. The van der Waals surface area contributed by atoms with E-state index in [1.54, 1.807) is 0 Å². The third kappa shape index (κ3) is 4.34. The molecule has 1 aliphatic rings. The maximum atomic E-state index is 11.9. The number of carbonyl (C=O) groups excluding carboxylic acids is 1. The van der Waals surface area contributed by atoms with Gasteiger partial charge in [-0.25, -0.2) is 4.98 Å². The molecule has 0 aromatic carbocycles. The van der Waals surface area contributed by atoms with Crippen molar-refractivity contribution in [1.82, 2.24) is 10.3 Å². The predicted molar refractivity (Wildman–Crippen MR) is 74.8 cm³/mol. The minimum absolute atomic E-state index is 0.247. The highest BCUT2D eigenvalue weighted by Gasteiger charge is 2.15. The van der Waals surface area contributed by atoms with E-state index in [0.29, 0.717) is 29.8 Å². The number of ether oxygens (including phenoxy) is 1. The molecule has 0 saturated heterocycles. The normalized spacial score (nSPS) is 15.7. The number of halogens is 2. The number of hydrogen-bond donors (Lipinski definition) is 1. The average molecular weight is 303 g/mol. The molecule has 1 amide bonds. The lowest BCUT2D eigenvalue weighted by atomic mass is 10.2. The van der Waals surface area contributed by atoms with Gasteiger partial charge in [-0.1, -0.05) is 36.0 Å². The zero-order valence-corrected chi connectivity index (χ0v) is 12.0.